The highest BCUT2D eigenvalue weighted by Gasteiger charge is 2.11. The second-order valence-electron chi connectivity index (χ2n) is 5.04. The second kappa shape index (κ2) is 10.0. The number of alkyl halides is 2. The lowest BCUT2D eigenvalue weighted by atomic mass is 10.2. The third kappa shape index (κ3) is 6.73. The summed E-state index contributed by atoms with van der Waals surface area (Å²) in [6.07, 6.45) is 0. The van der Waals surface area contributed by atoms with Crippen LogP contribution in [-0.4, -0.2) is 19.7 Å². The van der Waals surface area contributed by atoms with E-state index in [0.717, 1.165) is 11.3 Å². The first kappa shape index (κ1) is 20.9. The van der Waals surface area contributed by atoms with E-state index in [1.165, 1.54) is 13.2 Å². The molecule has 0 spiro atoms. The van der Waals surface area contributed by atoms with Crippen LogP contribution in [0, 0.1) is 6.92 Å². The Balaban J connectivity index is 0.00000312. The van der Waals surface area contributed by atoms with Crippen molar-refractivity contribution in [2.45, 2.75) is 20.1 Å². The topological polar surface area (TPSA) is 68.9 Å². The van der Waals surface area contributed by atoms with Crippen LogP contribution in [0.25, 0.3) is 0 Å². The summed E-state index contributed by atoms with van der Waals surface area (Å²) >= 11 is 0. The van der Waals surface area contributed by atoms with E-state index in [1.54, 1.807) is 12.1 Å². The van der Waals surface area contributed by atoms with Gasteiger partial charge in [-0.05, 0) is 37.3 Å². The Hall–Kier alpha value is -2.10. The highest BCUT2D eigenvalue weighted by molar-refractivity contribution is 14.0. The Morgan fingerprint density at radius 3 is 2.48 bits per heavy atom. The third-order valence-electron chi connectivity index (χ3n) is 3.23. The van der Waals surface area contributed by atoms with Gasteiger partial charge in [0.15, 0.2) is 5.96 Å². The van der Waals surface area contributed by atoms with Crippen molar-refractivity contribution in [1.29, 1.82) is 0 Å². The van der Waals surface area contributed by atoms with Crippen molar-refractivity contribution in [2.75, 3.05) is 12.4 Å². The molecule has 0 saturated heterocycles. The lowest BCUT2D eigenvalue weighted by Crippen LogP contribution is -2.22. The number of hydrogen-bond donors (Lipinski definition) is 2. The van der Waals surface area contributed by atoms with Gasteiger partial charge >= 0.3 is 6.61 Å². The molecule has 0 amide bonds. The van der Waals surface area contributed by atoms with E-state index >= 15 is 0 Å². The fraction of sp³-hybridized carbons (Fsp3) is 0.235. The van der Waals surface area contributed by atoms with Crippen molar-refractivity contribution in [3.05, 3.63) is 53.6 Å². The molecule has 0 atom stereocenters. The van der Waals surface area contributed by atoms with Crippen LogP contribution < -0.4 is 20.5 Å². The Kier molecular flexibility index (Phi) is 8.39. The number of nitrogens with one attached hydrogen (secondary N) is 1. The number of nitrogens with two attached hydrogens (primary N) is 1. The molecule has 5 nitrogen and oxygen atoms in total. The number of nitrogens with zero attached hydrogens (tertiary/aromatic N) is 1. The summed E-state index contributed by atoms with van der Waals surface area (Å²) in [6, 6.07) is 12.2. The molecule has 0 aliphatic carbocycles. The number of guanidine groups is 1. The zero-order valence-corrected chi connectivity index (χ0v) is 16.2. The molecule has 0 aliphatic rings. The summed E-state index contributed by atoms with van der Waals surface area (Å²) < 4.78 is 34.5. The number of rotatable bonds is 6. The standard InChI is InChI=1S/C17H19F2N3O2.HI/c1-11-3-5-13(6-4-11)22-17(20)21-10-12-9-14(23-2)7-8-15(12)24-16(18)19;/h3-9,16H,10H2,1-2H3,(H3,20,21,22);1H. The second-order valence-corrected chi connectivity index (χ2v) is 5.04. The van der Waals surface area contributed by atoms with E-state index in [-0.39, 0.29) is 42.2 Å². The normalized spacial score (nSPS) is 11.0. The summed E-state index contributed by atoms with van der Waals surface area (Å²) in [5.74, 6) is 0.731. The number of aryl methyl sites for hydroxylation is 1. The minimum Gasteiger partial charge on any atom is -0.497 e. The maximum absolute atomic E-state index is 12.5. The quantitative estimate of drug-likeness (QED) is 0.384. The fourth-order valence-corrected chi connectivity index (χ4v) is 2.01. The average molecular weight is 463 g/mol. The van der Waals surface area contributed by atoms with Crippen molar-refractivity contribution in [2.24, 2.45) is 10.7 Å². The van der Waals surface area contributed by atoms with E-state index in [1.807, 2.05) is 31.2 Å². The van der Waals surface area contributed by atoms with Gasteiger partial charge in [0, 0.05) is 11.3 Å². The summed E-state index contributed by atoms with van der Waals surface area (Å²) in [7, 11) is 1.49. The SMILES string of the molecule is COc1ccc(OC(F)F)c(CN=C(N)Nc2ccc(C)cc2)c1.I. The molecule has 2 rings (SSSR count). The van der Waals surface area contributed by atoms with E-state index in [4.69, 9.17) is 10.5 Å². The molecular weight excluding hydrogens is 443 g/mol. The third-order valence-corrected chi connectivity index (χ3v) is 3.23. The van der Waals surface area contributed by atoms with Gasteiger partial charge < -0.3 is 20.5 Å². The first-order valence-electron chi connectivity index (χ1n) is 7.23. The summed E-state index contributed by atoms with van der Waals surface area (Å²) in [6.45, 7) is -0.859. The monoisotopic (exact) mass is 463 g/mol. The molecule has 136 valence electrons. The molecule has 0 heterocycles. The van der Waals surface area contributed by atoms with Crippen LogP contribution in [0.2, 0.25) is 0 Å². The molecule has 2 aromatic rings. The molecular formula is C17H20F2IN3O2. The minimum atomic E-state index is -2.91. The molecule has 25 heavy (non-hydrogen) atoms. The van der Waals surface area contributed by atoms with Crippen molar-refractivity contribution in [3.63, 3.8) is 0 Å². The van der Waals surface area contributed by atoms with Crippen LogP contribution in [-0.2, 0) is 6.54 Å². The number of halogens is 3. The Morgan fingerprint density at radius 2 is 1.88 bits per heavy atom. The van der Waals surface area contributed by atoms with Crippen LogP contribution in [0.1, 0.15) is 11.1 Å². The summed E-state index contributed by atoms with van der Waals surface area (Å²) in [5, 5.41) is 2.94. The number of ether oxygens (including phenoxy) is 2. The number of methoxy groups -OCH3 is 1. The van der Waals surface area contributed by atoms with Gasteiger partial charge in [-0.1, -0.05) is 17.7 Å². The predicted molar refractivity (Wildman–Crippen MR) is 105 cm³/mol. The van der Waals surface area contributed by atoms with Crippen molar-refractivity contribution in [3.8, 4) is 11.5 Å². The highest BCUT2D eigenvalue weighted by atomic mass is 127. The van der Waals surface area contributed by atoms with Crippen LogP contribution in [0.3, 0.4) is 0 Å². The Morgan fingerprint density at radius 1 is 1.20 bits per heavy atom. The molecule has 3 N–H and O–H groups in total. The van der Waals surface area contributed by atoms with Crippen molar-refractivity contribution >= 4 is 35.6 Å². The van der Waals surface area contributed by atoms with Gasteiger partial charge in [-0.25, -0.2) is 4.99 Å². The largest absolute Gasteiger partial charge is 0.497 e. The zero-order chi connectivity index (χ0) is 17.5. The lowest BCUT2D eigenvalue weighted by molar-refractivity contribution is -0.0504. The summed E-state index contributed by atoms with van der Waals surface area (Å²) in [5.41, 5.74) is 8.19. The molecule has 0 saturated carbocycles. The molecule has 0 fully saturated rings. The van der Waals surface area contributed by atoms with Gasteiger partial charge in [-0.3, -0.25) is 0 Å². The molecule has 0 unspecified atom stereocenters. The Bertz CT molecular complexity index is 710. The Labute approximate surface area is 162 Å². The van der Waals surface area contributed by atoms with E-state index in [0.29, 0.717) is 11.3 Å². The van der Waals surface area contributed by atoms with Gasteiger partial charge in [-0.15, -0.1) is 24.0 Å². The lowest BCUT2D eigenvalue weighted by Gasteiger charge is -2.11. The molecule has 0 aromatic heterocycles. The zero-order valence-electron chi connectivity index (χ0n) is 13.8. The first-order valence-corrected chi connectivity index (χ1v) is 7.23. The molecule has 0 bridgehead atoms. The van der Waals surface area contributed by atoms with Crippen molar-refractivity contribution < 1.29 is 18.3 Å². The van der Waals surface area contributed by atoms with Crippen LogP contribution in [0.4, 0.5) is 14.5 Å². The minimum absolute atomic E-state index is 0. The molecule has 0 aliphatic heterocycles. The number of anilines is 1. The van der Waals surface area contributed by atoms with Crippen LogP contribution >= 0.6 is 24.0 Å². The van der Waals surface area contributed by atoms with E-state index in [9.17, 15) is 8.78 Å². The van der Waals surface area contributed by atoms with Gasteiger partial charge in [-0.2, -0.15) is 8.78 Å². The maximum atomic E-state index is 12.5. The van der Waals surface area contributed by atoms with Crippen LogP contribution in [0.15, 0.2) is 47.5 Å². The summed E-state index contributed by atoms with van der Waals surface area (Å²) in [4.78, 5) is 4.16. The smallest absolute Gasteiger partial charge is 0.387 e. The fourth-order valence-electron chi connectivity index (χ4n) is 2.01. The van der Waals surface area contributed by atoms with Gasteiger partial charge in [0.05, 0.1) is 13.7 Å². The van der Waals surface area contributed by atoms with Crippen molar-refractivity contribution in [1.82, 2.24) is 0 Å². The first-order chi connectivity index (χ1) is 11.5. The average Bonchev–Trinajstić information content (AvgIpc) is 2.55. The maximum Gasteiger partial charge on any atom is 0.387 e. The van der Waals surface area contributed by atoms with Gasteiger partial charge in [0.1, 0.15) is 11.5 Å². The number of benzene rings is 2. The van der Waals surface area contributed by atoms with E-state index < -0.39 is 6.61 Å². The van der Waals surface area contributed by atoms with E-state index in [2.05, 4.69) is 15.0 Å². The van der Waals surface area contributed by atoms with Gasteiger partial charge in [0.25, 0.3) is 0 Å². The number of aliphatic imine (C=N–C) groups is 1. The highest BCUT2D eigenvalue weighted by Crippen LogP contribution is 2.26. The predicted octanol–water partition coefficient (Wildman–Crippen LogP) is 4.15. The molecule has 8 heteroatoms. The number of hydrogen-bond acceptors (Lipinski definition) is 3. The van der Waals surface area contributed by atoms with Crippen LogP contribution in [0.5, 0.6) is 11.5 Å². The molecule has 0 radical (unpaired) electrons. The molecule has 2 aromatic carbocycles. The van der Waals surface area contributed by atoms with Gasteiger partial charge in [0.2, 0.25) is 0 Å².